The van der Waals surface area contributed by atoms with Crippen molar-refractivity contribution < 1.29 is 129 Å². The Bertz CT molecular complexity index is 679. The van der Waals surface area contributed by atoms with E-state index in [0.717, 1.165) is 11.4 Å². The van der Waals surface area contributed by atoms with Gasteiger partial charge < -0.3 is 22.6 Å². The number of anilines is 2. The molecule has 0 unspecified atom stereocenters. The van der Waals surface area contributed by atoms with E-state index in [1.165, 1.54) is 0 Å². The molecule has 0 radical (unpaired) electrons. The third kappa shape index (κ3) is 33.2. The van der Waals surface area contributed by atoms with Gasteiger partial charge in [-0.25, -0.2) is 0 Å². The van der Waals surface area contributed by atoms with Gasteiger partial charge in [0.15, 0.2) is 0 Å². The molecule has 0 aliphatic rings. The Balaban J connectivity index is -0.000000106. The predicted molar refractivity (Wildman–Crippen MR) is 116 cm³/mol. The SMILES string of the molecule is Nc1ccccc1.O=C(CCCl)Nc1ccccc1.O=C(Cl)CCCl.O=CO[O-].[H-].[K+].[K+]. The van der Waals surface area contributed by atoms with Gasteiger partial charge in [0.05, 0.1) is 0 Å². The van der Waals surface area contributed by atoms with E-state index in [-0.39, 0.29) is 128 Å². The molecular weight excluding hydrogens is 521 g/mol. The van der Waals surface area contributed by atoms with Crippen molar-refractivity contribution in [3.63, 3.8) is 0 Å². The van der Waals surface area contributed by atoms with Crippen LogP contribution in [0.1, 0.15) is 14.3 Å². The van der Waals surface area contributed by atoms with E-state index in [9.17, 15) is 9.59 Å². The van der Waals surface area contributed by atoms with E-state index in [0.29, 0.717) is 18.2 Å². The zero-order chi connectivity index (χ0) is 22.3. The van der Waals surface area contributed by atoms with Crippen LogP contribution >= 0.6 is 34.8 Å². The maximum atomic E-state index is 11.0. The zero-order valence-electron chi connectivity index (χ0n) is 18.4. The molecule has 1 amide bonds. The molecule has 31 heavy (non-hydrogen) atoms. The number of rotatable bonds is 6. The molecule has 0 aliphatic carbocycles. The maximum absolute atomic E-state index is 11.0. The second-order valence-corrected chi connectivity index (χ2v) is 5.93. The summed E-state index contributed by atoms with van der Waals surface area (Å²) in [6, 6.07) is 18.8. The summed E-state index contributed by atoms with van der Waals surface area (Å²) in [5.41, 5.74) is 6.99. The molecule has 0 aliphatic heterocycles. The molecule has 0 saturated carbocycles. The average Bonchev–Trinajstić information content (AvgIpc) is 2.70. The second-order valence-electron chi connectivity index (χ2n) is 4.75. The fourth-order valence-electron chi connectivity index (χ4n) is 1.36. The van der Waals surface area contributed by atoms with E-state index in [4.69, 9.17) is 50.6 Å². The first-order valence-corrected chi connectivity index (χ1v) is 9.53. The van der Waals surface area contributed by atoms with Gasteiger partial charge in [0.25, 0.3) is 6.47 Å². The van der Waals surface area contributed by atoms with Crippen LogP contribution in [0.4, 0.5) is 11.4 Å². The molecule has 2 rings (SSSR count). The van der Waals surface area contributed by atoms with Crippen molar-refractivity contribution >= 4 is 63.8 Å². The topological polar surface area (TPSA) is 122 Å². The maximum Gasteiger partial charge on any atom is 1.00 e. The Morgan fingerprint density at radius 1 is 0.968 bits per heavy atom. The number of para-hydroxylation sites is 2. The largest absolute Gasteiger partial charge is 1.00 e. The van der Waals surface area contributed by atoms with Gasteiger partial charge in [0, 0.05) is 36.0 Å². The molecule has 2 aromatic carbocycles. The molecule has 0 atom stereocenters. The van der Waals surface area contributed by atoms with Crippen LogP contribution in [-0.4, -0.2) is 29.4 Å². The van der Waals surface area contributed by atoms with Crippen molar-refractivity contribution in [2.24, 2.45) is 0 Å². The first-order chi connectivity index (χ1) is 13.9. The number of carbonyl (C=O) groups is 3. The molecule has 0 bridgehead atoms. The number of amides is 1. The monoisotopic (exact) mass is 542 g/mol. The van der Waals surface area contributed by atoms with Crippen LogP contribution in [-0.2, 0) is 19.3 Å². The summed E-state index contributed by atoms with van der Waals surface area (Å²) in [7, 11) is 0. The Kier molecular flexibility index (Phi) is 39.1. The van der Waals surface area contributed by atoms with Gasteiger partial charge in [-0.05, 0) is 35.9 Å². The van der Waals surface area contributed by atoms with Crippen molar-refractivity contribution in [1.82, 2.24) is 0 Å². The average molecular weight is 544 g/mol. The molecule has 7 nitrogen and oxygen atoms in total. The molecule has 12 heteroatoms. The normalized spacial score (nSPS) is 7.87. The zero-order valence-corrected chi connectivity index (χ0v) is 25.9. The van der Waals surface area contributed by atoms with Crippen LogP contribution in [0.25, 0.3) is 0 Å². The molecule has 0 aromatic heterocycles. The Labute approximate surface area is 284 Å². The van der Waals surface area contributed by atoms with Gasteiger partial charge in [-0.2, -0.15) is 0 Å². The Morgan fingerprint density at radius 3 is 1.65 bits per heavy atom. The number of hydrogen-bond donors (Lipinski definition) is 2. The predicted octanol–water partition coefficient (Wildman–Crippen LogP) is -2.54. The molecular formula is C19H23Cl3K2N2O5. The Hall–Kier alpha value is 0.953. The van der Waals surface area contributed by atoms with Crippen LogP contribution in [0.2, 0.25) is 0 Å². The Morgan fingerprint density at radius 2 is 1.39 bits per heavy atom. The molecule has 0 heterocycles. The standard InChI is InChI=1S/C9H10ClNO.C6H7N.C3H4Cl2O.CH2O3.2K.H/c10-7-6-9(12)11-8-4-2-1-3-5-8;7-6-4-2-1-3-5-6;4-2-1-3(5)6;2-1-4-3;;;/h1-5H,6-7H2,(H,11,12);1-5H,7H2;1-2H2;1,3H;;;/q;;;;2*+1;-1/p-1. The number of nitrogens with two attached hydrogens (primary N) is 1. The van der Waals surface area contributed by atoms with Crippen molar-refractivity contribution in [3.05, 3.63) is 60.7 Å². The van der Waals surface area contributed by atoms with Crippen LogP contribution in [0.5, 0.6) is 0 Å². The second kappa shape index (κ2) is 31.0. The summed E-state index contributed by atoms with van der Waals surface area (Å²) in [6.07, 6.45) is 0.625. The van der Waals surface area contributed by atoms with Gasteiger partial charge in [-0.3, -0.25) is 14.4 Å². The van der Waals surface area contributed by atoms with Gasteiger partial charge >= 0.3 is 103 Å². The quantitative estimate of drug-likeness (QED) is 0.0788. The van der Waals surface area contributed by atoms with E-state index < -0.39 is 0 Å². The minimum atomic E-state index is -0.370. The summed E-state index contributed by atoms with van der Waals surface area (Å²) in [5, 5.41) is 10.8. The van der Waals surface area contributed by atoms with Crippen molar-refractivity contribution in [2.45, 2.75) is 12.8 Å². The number of benzene rings is 2. The first-order valence-electron chi connectivity index (χ1n) is 8.09. The van der Waals surface area contributed by atoms with Gasteiger partial charge in [0.2, 0.25) is 11.1 Å². The molecule has 3 N–H and O–H groups in total. The van der Waals surface area contributed by atoms with Crippen LogP contribution in [0.15, 0.2) is 60.7 Å². The van der Waals surface area contributed by atoms with E-state index >= 15 is 0 Å². The number of alkyl halides is 2. The fraction of sp³-hybridized carbons (Fsp3) is 0.211. The number of nitrogens with one attached hydrogen (secondary N) is 1. The van der Waals surface area contributed by atoms with Gasteiger partial charge in [-0.1, -0.05) is 36.4 Å². The third-order valence-corrected chi connectivity index (χ3v) is 3.08. The number of nitrogen functional groups attached to an aromatic ring is 1. The van der Waals surface area contributed by atoms with Gasteiger partial charge in [0.1, 0.15) is 0 Å². The molecule has 0 saturated heterocycles. The van der Waals surface area contributed by atoms with Crippen LogP contribution in [0.3, 0.4) is 0 Å². The summed E-state index contributed by atoms with van der Waals surface area (Å²) < 4.78 is 0. The minimum Gasteiger partial charge on any atom is -1.00 e. The summed E-state index contributed by atoms with van der Waals surface area (Å²) >= 11 is 15.3. The number of carbonyl (C=O) groups excluding carboxylic acids is 3. The fourth-order valence-corrected chi connectivity index (χ4v) is 1.89. The first kappa shape index (κ1) is 39.2. The van der Waals surface area contributed by atoms with Crippen molar-refractivity contribution in [1.29, 1.82) is 0 Å². The van der Waals surface area contributed by atoms with E-state index in [1.54, 1.807) is 0 Å². The molecule has 0 spiro atoms. The van der Waals surface area contributed by atoms with E-state index in [1.807, 2.05) is 60.7 Å². The summed E-state index contributed by atoms with van der Waals surface area (Å²) in [4.78, 5) is 32.0. The van der Waals surface area contributed by atoms with Crippen molar-refractivity contribution in [2.75, 3.05) is 22.8 Å². The van der Waals surface area contributed by atoms with Crippen molar-refractivity contribution in [3.8, 4) is 0 Å². The molecule has 2 aromatic rings. The van der Waals surface area contributed by atoms with Crippen LogP contribution < -0.4 is 119 Å². The van der Waals surface area contributed by atoms with E-state index in [2.05, 4.69) is 10.2 Å². The molecule has 0 fully saturated rings. The smallest absolute Gasteiger partial charge is 1.00 e. The number of hydrogen-bond acceptors (Lipinski definition) is 6. The molecule has 162 valence electrons. The summed E-state index contributed by atoms with van der Waals surface area (Å²) in [6.45, 7) is -0.181. The summed E-state index contributed by atoms with van der Waals surface area (Å²) in [5.74, 6) is 0.636. The van der Waals surface area contributed by atoms with Crippen LogP contribution in [0, 0.1) is 0 Å². The van der Waals surface area contributed by atoms with Gasteiger partial charge in [-0.15, -0.1) is 23.2 Å². The third-order valence-electron chi connectivity index (χ3n) is 2.51. The number of halogens is 3. The minimum absolute atomic E-state index is 0.